The second-order valence-corrected chi connectivity index (χ2v) is 5.48. The largest absolute Gasteiger partial charge is 0.497 e. The molecule has 1 amide bonds. The zero-order chi connectivity index (χ0) is 19.2. The van der Waals surface area contributed by atoms with E-state index in [0.717, 1.165) is 5.56 Å². The van der Waals surface area contributed by atoms with Crippen LogP contribution in [0.15, 0.2) is 59.0 Å². The van der Waals surface area contributed by atoms with Crippen molar-refractivity contribution in [2.75, 3.05) is 19.0 Å². The number of nitriles is 1. The lowest BCUT2D eigenvalue weighted by Gasteiger charge is -2.06. The van der Waals surface area contributed by atoms with Crippen molar-refractivity contribution in [1.82, 2.24) is 0 Å². The van der Waals surface area contributed by atoms with Gasteiger partial charge in [-0.2, -0.15) is 5.26 Å². The highest BCUT2D eigenvalue weighted by Gasteiger charge is 2.15. The number of anilines is 1. The van der Waals surface area contributed by atoms with E-state index in [2.05, 4.69) is 5.32 Å². The van der Waals surface area contributed by atoms with E-state index in [-0.39, 0.29) is 18.1 Å². The van der Waals surface area contributed by atoms with Crippen molar-refractivity contribution in [2.24, 2.45) is 0 Å². The van der Waals surface area contributed by atoms with Gasteiger partial charge in [-0.05, 0) is 48.5 Å². The molecule has 3 aromatic rings. The third kappa shape index (κ3) is 4.44. The van der Waals surface area contributed by atoms with E-state index in [1.54, 1.807) is 31.4 Å². The minimum absolute atomic E-state index is 0.0380. The van der Waals surface area contributed by atoms with E-state index in [9.17, 15) is 14.4 Å². The molecule has 0 aliphatic rings. The Morgan fingerprint density at radius 3 is 2.44 bits per heavy atom. The van der Waals surface area contributed by atoms with Gasteiger partial charge in [0.05, 0.1) is 7.11 Å². The molecule has 0 fully saturated rings. The lowest BCUT2D eigenvalue weighted by atomic mass is 10.1. The molecule has 0 saturated heterocycles. The normalized spacial score (nSPS) is 10.1. The van der Waals surface area contributed by atoms with Crippen molar-refractivity contribution in [2.45, 2.75) is 0 Å². The van der Waals surface area contributed by atoms with E-state index >= 15 is 0 Å². The third-order valence-corrected chi connectivity index (χ3v) is 3.66. The van der Waals surface area contributed by atoms with Gasteiger partial charge < -0.3 is 13.9 Å². The molecule has 0 saturated carbocycles. The maximum Gasteiger partial charge on any atom is 0.264 e. The van der Waals surface area contributed by atoms with Gasteiger partial charge in [0.15, 0.2) is 6.61 Å². The van der Waals surface area contributed by atoms with Crippen LogP contribution >= 0.6 is 0 Å². The average molecular weight is 366 g/mol. The standard InChI is InChI=1S/C20H15FN2O4/c1-25-16-6-2-13(3-7-16)18-10-14(11-22)20(27-18)23-19(24)12-26-17-8-4-15(21)5-9-17/h2-10H,12H2,1H3,(H,23,24). The van der Waals surface area contributed by atoms with E-state index in [4.69, 9.17) is 13.9 Å². The summed E-state index contributed by atoms with van der Waals surface area (Å²) in [6, 6.07) is 15.9. The number of nitrogens with one attached hydrogen (secondary N) is 1. The number of halogens is 1. The molecule has 3 rings (SSSR count). The summed E-state index contributed by atoms with van der Waals surface area (Å²) >= 11 is 0. The highest BCUT2D eigenvalue weighted by Crippen LogP contribution is 2.30. The molecule has 0 aliphatic carbocycles. The quantitative estimate of drug-likeness (QED) is 0.713. The van der Waals surface area contributed by atoms with Crippen LogP contribution in [0.25, 0.3) is 11.3 Å². The molecule has 1 N–H and O–H groups in total. The van der Waals surface area contributed by atoms with E-state index < -0.39 is 11.7 Å². The Kier molecular flexibility index (Phi) is 5.38. The Morgan fingerprint density at radius 1 is 1.15 bits per heavy atom. The molecule has 0 aliphatic heterocycles. The second-order valence-electron chi connectivity index (χ2n) is 5.48. The van der Waals surface area contributed by atoms with Gasteiger partial charge in [0.1, 0.15) is 34.7 Å². The molecule has 136 valence electrons. The Hall–Kier alpha value is -3.79. The zero-order valence-electron chi connectivity index (χ0n) is 14.4. The number of hydrogen-bond donors (Lipinski definition) is 1. The summed E-state index contributed by atoms with van der Waals surface area (Å²) in [4.78, 5) is 12.1. The highest BCUT2D eigenvalue weighted by atomic mass is 19.1. The smallest absolute Gasteiger partial charge is 0.264 e. The molecule has 0 bridgehead atoms. The van der Waals surface area contributed by atoms with Crippen LogP contribution in [0, 0.1) is 17.1 Å². The second kappa shape index (κ2) is 8.06. The fourth-order valence-electron chi connectivity index (χ4n) is 2.31. The third-order valence-electron chi connectivity index (χ3n) is 3.66. The first-order valence-electron chi connectivity index (χ1n) is 7.95. The number of ether oxygens (including phenoxy) is 2. The van der Waals surface area contributed by atoms with Gasteiger partial charge in [0.25, 0.3) is 5.91 Å². The van der Waals surface area contributed by atoms with Crippen LogP contribution < -0.4 is 14.8 Å². The van der Waals surface area contributed by atoms with Crippen LogP contribution in [0.3, 0.4) is 0 Å². The number of amides is 1. The van der Waals surface area contributed by atoms with E-state index in [1.807, 2.05) is 6.07 Å². The number of benzene rings is 2. The number of rotatable bonds is 6. The van der Waals surface area contributed by atoms with Crippen molar-refractivity contribution in [1.29, 1.82) is 5.26 Å². The fourth-order valence-corrected chi connectivity index (χ4v) is 2.31. The van der Waals surface area contributed by atoms with E-state index in [0.29, 0.717) is 17.3 Å². The first-order chi connectivity index (χ1) is 13.1. The van der Waals surface area contributed by atoms with Gasteiger partial charge in [-0.3, -0.25) is 10.1 Å². The van der Waals surface area contributed by atoms with Crippen molar-refractivity contribution in [3.05, 3.63) is 66.0 Å². The van der Waals surface area contributed by atoms with Crippen molar-refractivity contribution >= 4 is 11.8 Å². The first-order valence-corrected chi connectivity index (χ1v) is 7.95. The molecular formula is C20H15FN2O4. The molecule has 7 heteroatoms. The number of nitrogens with zero attached hydrogens (tertiary/aromatic N) is 1. The molecule has 2 aromatic carbocycles. The predicted molar refractivity (Wildman–Crippen MR) is 95.9 cm³/mol. The zero-order valence-corrected chi connectivity index (χ0v) is 14.4. The lowest BCUT2D eigenvalue weighted by molar-refractivity contribution is -0.118. The number of carbonyl (C=O) groups is 1. The topological polar surface area (TPSA) is 84.5 Å². The summed E-state index contributed by atoms with van der Waals surface area (Å²) in [6.45, 7) is -0.310. The Bertz CT molecular complexity index is 973. The van der Waals surface area contributed by atoms with Gasteiger partial charge in [0.2, 0.25) is 5.88 Å². The lowest BCUT2D eigenvalue weighted by Crippen LogP contribution is -2.20. The Morgan fingerprint density at radius 2 is 1.81 bits per heavy atom. The highest BCUT2D eigenvalue weighted by molar-refractivity contribution is 5.92. The first kappa shape index (κ1) is 18.0. The van der Waals surface area contributed by atoms with Gasteiger partial charge in [-0.25, -0.2) is 4.39 Å². The molecule has 27 heavy (non-hydrogen) atoms. The van der Waals surface area contributed by atoms with Crippen molar-refractivity contribution < 1.29 is 23.1 Å². The summed E-state index contributed by atoms with van der Waals surface area (Å²) in [5.41, 5.74) is 0.923. The van der Waals surface area contributed by atoms with Gasteiger partial charge in [-0.1, -0.05) is 0 Å². The minimum atomic E-state index is -0.508. The number of methoxy groups -OCH3 is 1. The maximum atomic E-state index is 12.9. The summed E-state index contributed by atoms with van der Waals surface area (Å²) in [6.07, 6.45) is 0. The predicted octanol–water partition coefficient (Wildman–Crippen LogP) is 3.98. The van der Waals surface area contributed by atoms with Crippen molar-refractivity contribution in [3.8, 4) is 28.9 Å². The van der Waals surface area contributed by atoms with Crippen LogP contribution in [0.2, 0.25) is 0 Å². The number of carbonyl (C=O) groups excluding carboxylic acids is 1. The monoisotopic (exact) mass is 366 g/mol. The summed E-state index contributed by atoms with van der Waals surface area (Å²) in [5, 5.41) is 11.8. The molecule has 1 heterocycles. The maximum absolute atomic E-state index is 12.9. The minimum Gasteiger partial charge on any atom is -0.497 e. The van der Waals surface area contributed by atoms with Crippen LogP contribution in [-0.4, -0.2) is 19.6 Å². The summed E-state index contributed by atoms with van der Waals surface area (Å²) in [7, 11) is 1.57. The van der Waals surface area contributed by atoms with Gasteiger partial charge in [-0.15, -0.1) is 0 Å². The molecule has 0 atom stereocenters. The van der Waals surface area contributed by atoms with Gasteiger partial charge in [0, 0.05) is 11.6 Å². The average Bonchev–Trinajstić information content (AvgIpc) is 3.10. The summed E-state index contributed by atoms with van der Waals surface area (Å²) in [5.74, 6) is 0.612. The van der Waals surface area contributed by atoms with Crippen LogP contribution in [0.5, 0.6) is 11.5 Å². The van der Waals surface area contributed by atoms with Crippen LogP contribution in [0.4, 0.5) is 10.3 Å². The Labute approximate surface area is 154 Å². The number of hydrogen-bond acceptors (Lipinski definition) is 5. The molecule has 6 nitrogen and oxygen atoms in total. The summed E-state index contributed by atoms with van der Waals surface area (Å²) < 4.78 is 28.8. The molecule has 1 aromatic heterocycles. The number of furan rings is 1. The molecule has 0 radical (unpaired) electrons. The van der Waals surface area contributed by atoms with Gasteiger partial charge >= 0.3 is 0 Å². The van der Waals surface area contributed by atoms with Crippen molar-refractivity contribution in [3.63, 3.8) is 0 Å². The molecular weight excluding hydrogens is 351 g/mol. The fraction of sp³-hybridized carbons (Fsp3) is 0.100. The molecule has 0 unspecified atom stereocenters. The van der Waals surface area contributed by atoms with Crippen LogP contribution in [0.1, 0.15) is 5.56 Å². The van der Waals surface area contributed by atoms with Crippen LogP contribution in [-0.2, 0) is 4.79 Å². The Balaban J connectivity index is 1.68. The SMILES string of the molecule is COc1ccc(-c2cc(C#N)c(NC(=O)COc3ccc(F)cc3)o2)cc1. The molecule has 0 spiro atoms. The van der Waals surface area contributed by atoms with E-state index in [1.165, 1.54) is 30.3 Å².